The number of aryl methyl sites for hydroxylation is 1. The lowest BCUT2D eigenvalue weighted by Gasteiger charge is -2.24. The zero-order chi connectivity index (χ0) is 23.0. The summed E-state index contributed by atoms with van der Waals surface area (Å²) in [5.41, 5.74) is 3.92. The number of fused-ring (bicyclic) bond motifs is 2. The predicted octanol–water partition coefficient (Wildman–Crippen LogP) is 4.68. The average molecular weight is 462 g/mol. The van der Waals surface area contributed by atoms with Gasteiger partial charge >= 0.3 is 0 Å². The molecular weight excluding hydrogens is 437 g/mol. The van der Waals surface area contributed by atoms with Gasteiger partial charge in [0, 0.05) is 23.9 Å². The molecule has 4 aromatic rings. The maximum absolute atomic E-state index is 13.4. The standard InChI is InChI=1S/C26H24FN3O2S/c1-17-12-25-19(14-28-30(25)21-10-8-20(27)9-11-21)13-23(17)26-16-29(15-24(26)18(26)2)33(31,32)22-6-4-3-5-7-22/h3-14,18,24H,15-16H2,1-2H3/t18-,24-,26+/m1/s1. The second-order valence-corrected chi connectivity index (χ2v) is 11.2. The van der Waals surface area contributed by atoms with Crippen molar-refractivity contribution in [2.45, 2.75) is 24.2 Å². The summed E-state index contributed by atoms with van der Waals surface area (Å²) in [4.78, 5) is 0.349. The number of piperidine rings is 1. The normalized spacial score (nSPS) is 24.8. The van der Waals surface area contributed by atoms with Gasteiger partial charge in [-0.1, -0.05) is 25.1 Å². The van der Waals surface area contributed by atoms with E-state index in [1.807, 2.05) is 16.9 Å². The minimum Gasteiger partial charge on any atom is -0.233 e. The van der Waals surface area contributed by atoms with Crippen LogP contribution in [0.5, 0.6) is 0 Å². The number of sulfonamides is 1. The molecule has 0 spiro atoms. The van der Waals surface area contributed by atoms with E-state index in [4.69, 9.17) is 0 Å². The fourth-order valence-electron chi connectivity index (χ4n) is 5.81. The molecule has 1 saturated heterocycles. The first-order valence-corrected chi connectivity index (χ1v) is 12.6. The monoisotopic (exact) mass is 461 g/mol. The minimum atomic E-state index is -3.52. The molecule has 168 valence electrons. The van der Waals surface area contributed by atoms with E-state index in [0.717, 1.165) is 22.2 Å². The molecule has 0 bridgehead atoms. The Morgan fingerprint density at radius 1 is 1.06 bits per heavy atom. The molecule has 6 rings (SSSR count). The van der Waals surface area contributed by atoms with Crippen LogP contribution in [0.3, 0.4) is 0 Å². The Hall–Kier alpha value is -3.03. The quantitative estimate of drug-likeness (QED) is 0.443. The fraction of sp³-hybridized carbons (Fsp3) is 0.269. The Kier molecular flexibility index (Phi) is 4.35. The van der Waals surface area contributed by atoms with Crippen LogP contribution in [-0.4, -0.2) is 35.6 Å². The average Bonchev–Trinajstić information content (AvgIpc) is 3.17. The summed E-state index contributed by atoms with van der Waals surface area (Å²) < 4.78 is 43.3. The number of nitrogens with zero attached hydrogens (tertiary/aromatic N) is 3. The van der Waals surface area contributed by atoms with Crippen molar-refractivity contribution in [2.75, 3.05) is 13.1 Å². The number of aromatic nitrogens is 2. The summed E-state index contributed by atoms with van der Waals surface area (Å²) >= 11 is 0. The summed E-state index contributed by atoms with van der Waals surface area (Å²) in [6.45, 7) is 5.35. The first-order valence-electron chi connectivity index (χ1n) is 11.1. The van der Waals surface area contributed by atoms with Crippen molar-refractivity contribution >= 4 is 20.9 Å². The topological polar surface area (TPSA) is 55.2 Å². The van der Waals surface area contributed by atoms with Gasteiger partial charge in [-0.3, -0.25) is 0 Å². The molecule has 1 saturated carbocycles. The first-order chi connectivity index (χ1) is 15.8. The number of rotatable bonds is 4. The van der Waals surface area contributed by atoms with Gasteiger partial charge in [0.25, 0.3) is 0 Å². The van der Waals surface area contributed by atoms with Crippen LogP contribution in [0.15, 0.2) is 77.8 Å². The second kappa shape index (κ2) is 6.98. The Labute approximate surface area is 192 Å². The van der Waals surface area contributed by atoms with E-state index < -0.39 is 10.0 Å². The first kappa shape index (κ1) is 20.6. The van der Waals surface area contributed by atoms with Gasteiger partial charge in [0.2, 0.25) is 10.0 Å². The van der Waals surface area contributed by atoms with E-state index in [-0.39, 0.29) is 11.2 Å². The van der Waals surface area contributed by atoms with E-state index in [9.17, 15) is 12.8 Å². The molecule has 1 aromatic heterocycles. The van der Waals surface area contributed by atoms with Crippen LogP contribution in [-0.2, 0) is 15.4 Å². The zero-order valence-corrected chi connectivity index (χ0v) is 19.3. The van der Waals surface area contributed by atoms with Gasteiger partial charge < -0.3 is 0 Å². The van der Waals surface area contributed by atoms with Crippen molar-refractivity contribution in [2.24, 2.45) is 11.8 Å². The summed E-state index contributed by atoms with van der Waals surface area (Å²) in [6, 6.07) is 19.3. The van der Waals surface area contributed by atoms with Crippen molar-refractivity contribution < 1.29 is 12.8 Å². The molecule has 0 radical (unpaired) electrons. The van der Waals surface area contributed by atoms with Gasteiger partial charge in [0.15, 0.2) is 0 Å². The van der Waals surface area contributed by atoms with Crippen molar-refractivity contribution in [3.63, 3.8) is 0 Å². The van der Waals surface area contributed by atoms with E-state index in [1.54, 1.807) is 40.7 Å². The third-order valence-corrected chi connectivity index (χ3v) is 9.50. The maximum atomic E-state index is 13.4. The van der Waals surface area contributed by atoms with Gasteiger partial charge in [-0.2, -0.15) is 9.40 Å². The minimum absolute atomic E-state index is 0.169. The molecule has 7 heteroatoms. The molecule has 33 heavy (non-hydrogen) atoms. The van der Waals surface area contributed by atoms with Crippen molar-refractivity contribution in [1.82, 2.24) is 14.1 Å². The molecule has 2 fully saturated rings. The summed E-state index contributed by atoms with van der Waals surface area (Å²) in [5, 5.41) is 5.54. The molecule has 1 aliphatic carbocycles. The van der Waals surface area contributed by atoms with Crippen LogP contribution in [0.1, 0.15) is 18.1 Å². The predicted molar refractivity (Wildman–Crippen MR) is 125 cm³/mol. The van der Waals surface area contributed by atoms with E-state index in [2.05, 4.69) is 31.1 Å². The Morgan fingerprint density at radius 3 is 2.52 bits per heavy atom. The Bertz CT molecular complexity index is 1480. The molecule has 3 atom stereocenters. The van der Waals surface area contributed by atoms with Crippen molar-refractivity contribution in [3.8, 4) is 5.69 Å². The molecule has 0 N–H and O–H groups in total. The third kappa shape index (κ3) is 2.92. The summed E-state index contributed by atoms with van der Waals surface area (Å²) in [7, 11) is -3.52. The SMILES string of the molecule is Cc1cc2c(cnn2-c2ccc(F)cc2)cc1[C@@]12CN(S(=O)(=O)c3ccccc3)C[C@@H]1[C@H]2C. The van der Waals surface area contributed by atoms with Crippen LogP contribution in [0.2, 0.25) is 0 Å². The summed E-state index contributed by atoms with van der Waals surface area (Å²) in [6.07, 6.45) is 1.83. The Balaban J connectivity index is 1.38. The highest BCUT2D eigenvalue weighted by molar-refractivity contribution is 7.89. The lowest BCUT2D eigenvalue weighted by Crippen LogP contribution is -2.34. The van der Waals surface area contributed by atoms with Crippen LogP contribution >= 0.6 is 0 Å². The molecule has 3 aromatic carbocycles. The van der Waals surface area contributed by atoms with Crippen LogP contribution < -0.4 is 0 Å². The van der Waals surface area contributed by atoms with Gasteiger partial charge in [-0.15, -0.1) is 0 Å². The smallest absolute Gasteiger partial charge is 0.233 e. The molecule has 2 aliphatic rings. The molecular formula is C26H24FN3O2S. The molecule has 0 unspecified atom stereocenters. The summed E-state index contributed by atoms with van der Waals surface area (Å²) in [5.74, 6) is 0.445. The van der Waals surface area contributed by atoms with Gasteiger partial charge in [-0.05, 0) is 78.4 Å². The zero-order valence-electron chi connectivity index (χ0n) is 18.4. The molecule has 0 amide bonds. The lowest BCUT2D eigenvalue weighted by molar-refractivity contribution is 0.406. The van der Waals surface area contributed by atoms with Gasteiger partial charge in [0.05, 0.1) is 22.3 Å². The molecule has 1 aliphatic heterocycles. The van der Waals surface area contributed by atoms with Crippen LogP contribution in [0.25, 0.3) is 16.6 Å². The number of hydrogen-bond donors (Lipinski definition) is 0. The van der Waals surface area contributed by atoms with Crippen molar-refractivity contribution in [3.05, 3.63) is 89.9 Å². The van der Waals surface area contributed by atoms with E-state index in [1.165, 1.54) is 17.7 Å². The Morgan fingerprint density at radius 2 is 1.79 bits per heavy atom. The number of benzene rings is 3. The lowest BCUT2D eigenvalue weighted by atomic mass is 9.88. The molecule has 5 nitrogen and oxygen atoms in total. The second-order valence-electron chi connectivity index (χ2n) is 9.30. The molecule has 2 heterocycles. The van der Waals surface area contributed by atoms with Crippen LogP contribution in [0, 0.1) is 24.6 Å². The highest BCUT2D eigenvalue weighted by atomic mass is 32.2. The third-order valence-electron chi connectivity index (χ3n) is 7.67. The van der Waals surface area contributed by atoms with Crippen LogP contribution in [0.4, 0.5) is 4.39 Å². The number of hydrogen-bond acceptors (Lipinski definition) is 3. The highest BCUT2D eigenvalue weighted by Crippen LogP contribution is 2.65. The van der Waals surface area contributed by atoms with Crippen molar-refractivity contribution in [1.29, 1.82) is 0 Å². The fourth-order valence-corrected chi connectivity index (χ4v) is 7.35. The largest absolute Gasteiger partial charge is 0.243 e. The number of halogens is 1. The highest BCUT2D eigenvalue weighted by Gasteiger charge is 2.69. The van der Waals surface area contributed by atoms with Gasteiger partial charge in [-0.25, -0.2) is 17.5 Å². The van der Waals surface area contributed by atoms with E-state index in [0.29, 0.717) is 29.8 Å². The van der Waals surface area contributed by atoms with Gasteiger partial charge in [0.1, 0.15) is 5.82 Å². The maximum Gasteiger partial charge on any atom is 0.243 e. The van der Waals surface area contributed by atoms with E-state index >= 15 is 0 Å².